The van der Waals surface area contributed by atoms with Crippen LogP contribution in [0.4, 0.5) is 5.69 Å². The second kappa shape index (κ2) is 5.04. The second-order valence-corrected chi connectivity index (χ2v) is 6.02. The molecular weight excluding hydrogens is 284 g/mol. The number of nitrogens with one attached hydrogen (secondary N) is 1. The summed E-state index contributed by atoms with van der Waals surface area (Å²) < 4.78 is 4.96. The Labute approximate surface area is 127 Å². The molecule has 0 aliphatic carbocycles. The summed E-state index contributed by atoms with van der Waals surface area (Å²) in [6.07, 6.45) is 0. The number of hydrogen-bond acceptors (Lipinski definition) is 3. The number of anilines is 1. The molecule has 110 valence electrons. The van der Waals surface area contributed by atoms with Gasteiger partial charge in [0, 0.05) is 13.6 Å². The highest BCUT2D eigenvalue weighted by Crippen LogP contribution is 2.26. The Hall–Kier alpha value is -2.08. The molecule has 3 aromatic heterocycles. The summed E-state index contributed by atoms with van der Waals surface area (Å²) in [5, 5.41) is 9.38. The molecule has 0 bridgehead atoms. The van der Waals surface area contributed by atoms with E-state index >= 15 is 0 Å². The Kier molecular flexibility index (Phi) is 3.33. The van der Waals surface area contributed by atoms with Crippen molar-refractivity contribution >= 4 is 33.1 Å². The molecule has 0 aliphatic rings. The van der Waals surface area contributed by atoms with Crippen molar-refractivity contribution in [2.45, 2.75) is 27.3 Å². The van der Waals surface area contributed by atoms with Crippen molar-refractivity contribution in [3.63, 3.8) is 0 Å². The number of hydrogen-bond donors (Lipinski definition) is 1. The largest absolute Gasteiger partial charge is 0.336 e. The summed E-state index contributed by atoms with van der Waals surface area (Å²) in [4.78, 5) is 12.6. The van der Waals surface area contributed by atoms with Gasteiger partial charge < -0.3 is 9.88 Å². The van der Waals surface area contributed by atoms with Gasteiger partial charge in [0.15, 0.2) is 0 Å². The van der Waals surface area contributed by atoms with Crippen LogP contribution in [0.5, 0.6) is 0 Å². The lowest BCUT2D eigenvalue weighted by Crippen LogP contribution is -2.17. The van der Waals surface area contributed by atoms with Crippen LogP contribution in [-0.4, -0.2) is 20.3 Å². The van der Waals surface area contributed by atoms with E-state index in [9.17, 15) is 4.79 Å². The predicted octanol–water partition coefficient (Wildman–Crippen LogP) is 3.33. The van der Waals surface area contributed by atoms with Gasteiger partial charge in [-0.1, -0.05) is 0 Å². The Morgan fingerprint density at radius 1 is 1.43 bits per heavy atom. The molecule has 1 amide bonds. The Morgan fingerprint density at radius 2 is 2.19 bits per heavy atom. The Bertz CT molecular complexity index is 824. The third kappa shape index (κ3) is 2.15. The molecule has 3 aromatic rings. The molecule has 3 heterocycles. The molecule has 0 unspecified atom stereocenters. The van der Waals surface area contributed by atoms with Crippen LogP contribution in [0, 0.1) is 13.8 Å². The van der Waals surface area contributed by atoms with E-state index in [2.05, 4.69) is 23.4 Å². The second-order valence-electron chi connectivity index (χ2n) is 5.07. The highest BCUT2D eigenvalue weighted by Gasteiger charge is 2.18. The van der Waals surface area contributed by atoms with E-state index in [1.54, 1.807) is 16.0 Å². The number of carbonyl (C=O) groups excluding carboxylic acids is 1. The number of nitrogens with zero attached hydrogens (tertiary/aromatic N) is 3. The third-order valence-corrected chi connectivity index (χ3v) is 4.67. The average molecular weight is 302 g/mol. The fourth-order valence-corrected chi connectivity index (χ4v) is 3.46. The molecule has 6 heteroatoms. The molecule has 0 aliphatic heterocycles. The van der Waals surface area contributed by atoms with E-state index in [-0.39, 0.29) is 5.91 Å². The minimum Gasteiger partial charge on any atom is -0.336 e. The smallest absolute Gasteiger partial charge is 0.272 e. The van der Waals surface area contributed by atoms with Gasteiger partial charge in [-0.05, 0) is 38.3 Å². The van der Waals surface area contributed by atoms with Crippen molar-refractivity contribution in [1.29, 1.82) is 0 Å². The molecule has 0 aromatic carbocycles. The molecule has 0 saturated heterocycles. The zero-order valence-corrected chi connectivity index (χ0v) is 13.4. The van der Waals surface area contributed by atoms with Gasteiger partial charge in [-0.15, -0.1) is 11.3 Å². The van der Waals surface area contributed by atoms with E-state index < -0.39 is 0 Å². The third-order valence-electron chi connectivity index (χ3n) is 3.82. The zero-order valence-electron chi connectivity index (χ0n) is 12.6. The van der Waals surface area contributed by atoms with Gasteiger partial charge in [-0.3, -0.25) is 9.48 Å². The molecule has 0 atom stereocenters. The van der Waals surface area contributed by atoms with Crippen molar-refractivity contribution < 1.29 is 4.79 Å². The quantitative estimate of drug-likeness (QED) is 0.807. The van der Waals surface area contributed by atoms with E-state index in [4.69, 9.17) is 0 Å². The lowest BCUT2D eigenvalue weighted by atomic mass is 10.3. The van der Waals surface area contributed by atoms with Crippen LogP contribution in [0.25, 0.3) is 10.2 Å². The number of aryl methyl sites for hydroxylation is 3. The summed E-state index contributed by atoms with van der Waals surface area (Å²) in [5.74, 6) is -0.0838. The Morgan fingerprint density at radius 3 is 2.81 bits per heavy atom. The van der Waals surface area contributed by atoms with Crippen LogP contribution in [0.2, 0.25) is 0 Å². The lowest BCUT2D eigenvalue weighted by Gasteiger charge is -2.09. The minimum atomic E-state index is -0.0838. The maximum Gasteiger partial charge on any atom is 0.272 e. The highest BCUT2D eigenvalue weighted by molar-refractivity contribution is 7.17. The summed E-state index contributed by atoms with van der Waals surface area (Å²) in [7, 11) is 1.88. The van der Waals surface area contributed by atoms with Crippen molar-refractivity contribution in [1.82, 2.24) is 14.3 Å². The topological polar surface area (TPSA) is 51.9 Å². The van der Waals surface area contributed by atoms with E-state index in [1.165, 1.54) is 0 Å². The summed E-state index contributed by atoms with van der Waals surface area (Å²) in [5.41, 5.74) is 4.40. The van der Waals surface area contributed by atoms with Crippen LogP contribution < -0.4 is 5.32 Å². The van der Waals surface area contributed by atoms with E-state index in [0.29, 0.717) is 5.69 Å². The standard InChI is InChI=1S/C15H18N4OS/c1-5-19-11-6-7-21-13(11)8-12(19)15(20)16-14-9(2)17-18(4)10(14)3/h6-8H,5H2,1-4H3,(H,16,20). The number of amides is 1. The molecule has 5 nitrogen and oxygen atoms in total. The van der Waals surface area contributed by atoms with Crippen LogP contribution in [0.3, 0.4) is 0 Å². The number of carbonyl (C=O) groups is 1. The van der Waals surface area contributed by atoms with Gasteiger partial charge >= 0.3 is 0 Å². The molecule has 0 saturated carbocycles. The van der Waals surface area contributed by atoms with E-state index in [0.717, 1.165) is 33.8 Å². The SMILES string of the molecule is CCn1c(C(=O)Nc2c(C)nn(C)c2C)cc2sccc21. The number of fused-ring (bicyclic) bond motifs is 1. The van der Waals surface area contributed by atoms with Crippen molar-refractivity contribution in [2.75, 3.05) is 5.32 Å². The normalized spacial score (nSPS) is 11.2. The van der Waals surface area contributed by atoms with Crippen molar-refractivity contribution in [3.05, 3.63) is 34.6 Å². The maximum atomic E-state index is 12.6. The predicted molar refractivity (Wildman–Crippen MR) is 86.1 cm³/mol. The summed E-state index contributed by atoms with van der Waals surface area (Å²) in [6.45, 7) is 6.68. The van der Waals surface area contributed by atoms with Gasteiger partial charge in [0.05, 0.1) is 27.3 Å². The van der Waals surface area contributed by atoms with Gasteiger partial charge in [-0.25, -0.2) is 0 Å². The number of rotatable bonds is 3. The van der Waals surface area contributed by atoms with Gasteiger partial charge in [-0.2, -0.15) is 5.10 Å². The fourth-order valence-electron chi connectivity index (χ4n) is 2.64. The molecule has 0 spiro atoms. The first-order valence-corrected chi connectivity index (χ1v) is 7.79. The van der Waals surface area contributed by atoms with Gasteiger partial charge in [0.25, 0.3) is 5.91 Å². The summed E-state index contributed by atoms with van der Waals surface area (Å²) >= 11 is 1.65. The van der Waals surface area contributed by atoms with Crippen LogP contribution >= 0.6 is 11.3 Å². The average Bonchev–Trinajstić information content (AvgIpc) is 3.08. The van der Waals surface area contributed by atoms with Crippen molar-refractivity contribution in [2.24, 2.45) is 7.05 Å². The monoisotopic (exact) mass is 302 g/mol. The molecule has 1 N–H and O–H groups in total. The van der Waals surface area contributed by atoms with Crippen molar-refractivity contribution in [3.8, 4) is 0 Å². The zero-order chi connectivity index (χ0) is 15.1. The lowest BCUT2D eigenvalue weighted by molar-refractivity contribution is 0.101. The highest BCUT2D eigenvalue weighted by atomic mass is 32.1. The minimum absolute atomic E-state index is 0.0838. The maximum absolute atomic E-state index is 12.6. The number of thiophene rings is 1. The Balaban J connectivity index is 1.99. The first-order valence-electron chi connectivity index (χ1n) is 6.91. The molecule has 21 heavy (non-hydrogen) atoms. The van der Waals surface area contributed by atoms with E-state index in [1.807, 2.05) is 36.9 Å². The number of aromatic nitrogens is 3. The molecule has 0 radical (unpaired) electrons. The molecular formula is C15H18N4OS. The van der Waals surface area contributed by atoms with Crippen LogP contribution in [0.15, 0.2) is 17.5 Å². The van der Waals surface area contributed by atoms with Gasteiger partial charge in [0.2, 0.25) is 0 Å². The first-order chi connectivity index (χ1) is 10.0. The summed E-state index contributed by atoms with van der Waals surface area (Å²) in [6, 6.07) is 4.01. The van der Waals surface area contributed by atoms with Gasteiger partial charge in [0.1, 0.15) is 5.69 Å². The fraction of sp³-hybridized carbons (Fsp3) is 0.333. The first kappa shape index (κ1) is 13.9. The van der Waals surface area contributed by atoms with Crippen LogP contribution in [0.1, 0.15) is 28.8 Å². The van der Waals surface area contributed by atoms with Crippen LogP contribution in [-0.2, 0) is 13.6 Å². The molecule has 3 rings (SSSR count). The molecule has 0 fully saturated rings.